The lowest BCUT2D eigenvalue weighted by Crippen LogP contribution is -2.27. The fourth-order valence-electron chi connectivity index (χ4n) is 3.54. The Hall–Kier alpha value is -3.05. The standard InChI is InChI=1S/C25H31N3O2/c1-5-26-19(2)24-7-6-16-27-25(24)28(17-20-8-12-22(29-3)13-9-20)18-21-10-14-23(30-4)15-11-21/h6-16,19,26H,5,17-18H2,1-4H3. The van der Waals surface area contributed by atoms with Crippen molar-refractivity contribution in [1.29, 1.82) is 0 Å². The van der Waals surface area contributed by atoms with Crippen molar-refractivity contribution in [2.24, 2.45) is 0 Å². The number of anilines is 1. The zero-order chi connectivity index (χ0) is 21.3. The molecule has 0 fully saturated rings. The van der Waals surface area contributed by atoms with E-state index in [1.54, 1.807) is 14.2 Å². The quantitative estimate of drug-likeness (QED) is 0.516. The molecule has 158 valence electrons. The number of rotatable bonds is 10. The average molecular weight is 406 g/mol. The molecule has 30 heavy (non-hydrogen) atoms. The highest BCUT2D eigenvalue weighted by Gasteiger charge is 2.17. The van der Waals surface area contributed by atoms with Gasteiger partial charge in [-0.3, -0.25) is 0 Å². The predicted molar refractivity (Wildman–Crippen MR) is 122 cm³/mol. The normalized spacial score (nSPS) is 11.7. The Labute approximate surface area is 179 Å². The predicted octanol–water partition coefficient (Wildman–Crippen LogP) is 4.98. The van der Waals surface area contributed by atoms with Crippen LogP contribution in [0.4, 0.5) is 5.82 Å². The number of hydrogen-bond donors (Lipinski definition) is 1. The monoisotopic (exact) mass is 405 g/mol. The summed E-state index contributed by atoms with van der Waals surface area (Å²) >= 11 is 0. The average Bonchev–Trinajstić information content (AvgIpc) is 2.80. The van der Waals surface area contributed by atoms with Crippen molar-refractivity contribution >= 4 is 5.82 Å². The van der Waals surface area contributed by atoms with Crippen molar-refractivity contribution in [1.82, 2.24) is 10.3 Å². The summed E-state index contributed by atoms with van der Waals surface area (Å²) < 4.78 is 10.6. The van der Waals surface area contributed by atoms with Crippen LogP contribution in [0.25, 0.3) is 0 Å². The maximum absolute atomic E-state index is 5.31. The molecule has 0 saturated heterocycles. The Morgan fingerprint density at radius 1 is 0.867 bits per heavy atom. The molecule has 0 aliphatic rings. The highest BCUT2D eigenvalue weighted by Crippen LogP contribution is 2.27. The van der Waals surface area contributed by atoms with Gasteiger partial charge in [-0.15, -0.1) is 0 Å². The van der Waals surface area contributed by atoms with E-state index in [9.17, 15) is 0 Å². The number of pyridine rings is 1. The molecule has 0 saturated carbocycles. The Balaban J connectivity index is 1.93. The third kappa shape index (κ3) is 5.51. The lowest BCUT2D eigenvalue weighted by atomic mass is 10.1. The van der Waals surface area contributed by atoms with Gasteiger partial charge in [-0.2, -0.15) is 0 Å². The smallest absolute Gasteiger partial charge is 0.133 e. The first-order valence-electron chi connectivity index (χ1n) is 10.3. The molecule has 0 aliphatic heterocycles. The lowest BCUT2D eigenvalue weighted by molar-refractivity contribution is 0.414. The number of nitrogens with zero attached hydrogens (tertiary/aromatic N) is 2. The molecule has 3 rings (SSSR count). The van der Waals surface area contributed by atoms with E-state index in [0.29, 0.717) is 0 Å². The Kier molecular flexibility index (Phi) is 7.69. The molecule has 1 heterocycles. The molecule has 0 spiro atoms. The molecular weight excluding hydrogens is 374 g/mol. The van der Waals surface area contributed by atoms with Gasteiger partial charge in [-0.05, 0) is 54.9 Å². The van der Waals surface area contributed by atoms with Crippen molar-refractivity contribution in [3.05, 3.63) is 83.6 Å². The molecule has 1 unspecified atom stereocenters. The van der Waals surface area contributed by atoms with Crippen molar-refractivity contribution < 1.29 is 9.47 Å². The van der Waals surface area contributed by atoms with Crippen LogP contribution in [-0.2, 0) is 13.1 Å². The highest BCUT2D eigenvalue weighted by molar-refractivity contribution is 5.50. The number of methoxy groups -OCH3 is 2. The number of nitrogens with one attached hydrogen (secondary N) is 1. The van der Waals surface area contributed by atoms with Crippen LogP contribution in [0, 0.1) is 0 Å². The third-order valence-electron chi connectivity index (χ3n) is 5.16. The van der Waals surface area contributed by atoms with Crippen LogP contribution >= 0.6 is 0 Å². The fraction of sp³-hybridized carbons (Fsp3) is 0.320. The van der Waals surface area contributed by atoms with Crippen molar-refractivity contribution in [3.63, 3.8) is 0 Å². The zero-order valence-electron chi connectivity index (χ0n) is 18.3. The summed E-state index contributed by atoms with van der Waals surface area (Å²) in [6.45, 7) is 6.71. The third-order valence-corrected chi connectivity index (χ3v) is 5.16. The molecule has 1 N–H and O–H groups in total. The molecule has 5 heteroatoms. The van der Waals surface area contributed by atoms with Crippen molar-refractivity contribution in [3.8, 4) is 11.5 Å². The van der Waals surface area contributed by atoms with Crippen LogP contribution < -0.4 is 19.7 Å². The Morgan fingerprint density at radius 2 is 1.40 bits per heavy atom. The summed E-state index contributed by atoms with van der Waals surface area (Å²) in [6.07, 6.45) is 1.87. The lowest BCUT2D eigenvalue weighted by Gasteiger charge is -2.28. The van der Waals surface area contributed by atoms with Gasteiger partial charge in [0.25, 0.3) is 0 Å². The maximum Gasteiger partial charge on any atom is 0.133 e. The Bertz CT molecular complexity index is 861. The van der Waals surface area contributed by atoms with Gasteiger partial charge in [0.1, 0.15) is 17.3 Å². The molecule has 1 atom stereocenters. The summed E-state index contributed by atoms with van der Waals surface area (Å²) in [4.78, 5) is 7.10. The molecule has 1 aromatic heterocycles. The highest BCUT2D eigenvalue weighted by atomic mass is 16.5. The first-order chi connectivity index (χ1) is 14.6. The summed E-state index contributed by atoms with van der Waals surface area (Å²) in [5.74, 6) is 2.72. The minimum Gasteiger partial charge on any atom is -0.497 e. The summed E-state index contributed by atoms with van der Waals surface area (Å²) in [7, 11) is 3.38. The summed E-state index contributed by atoms with van der Waals surface area (Å²) in [5.41, 5.74) is 3.61. The van der Waals surface area contributed by atoms with E-state index in [4.69, 9.17) is 14.5 Å². The molecule has 2 aromatic carbocycles. The zero-order valence-corrected chi connectivity index (χ0v) is 18.3. The molecular formula is C25H31N3O2. The number of hydrogen-bond acceptors (Lipinski definition) is 5. The van der Waals surface area contributed by atoms with E-state index in [-0.39, 0.29) is 6.04 Å². The summed E-state index contributed by atoms with van der Waals surface area (Å²) in [6, 6.07) is 20.8. The van der Waals surface area contributed by atoms with Crippen molar-refractivity contribution in [2.45, 2.75) is 33.0 Å². The fourth-order valence-corrected chi connectivity index (χ4v) is 3.54. The van der Waals surface area contributed by atoms with E-state index >= 15 is 0 Å². The van der Waals surface area contributed by atoms with Gasteiger partial charge in [0, 0.05) is 30.9 Å². The van der Waals surface area contributed by atoms with E-state index in [1.165, 1.54) is 16.7 Å². The molecule has 5 nitrogen and oxygen atoms in total. The molecule has 0 radical (unpaired) electrons. The minimum absolute atomic E-state index is 0.216. The number of benzene rings is 2. The molecule has 3 aromatic rings. The maximum atomic E-state index is 5.31. The SMILES string of the molecule is CCNC(C)c1cccnc1N(Cc1ccc(OC)cc1)Cc1ccc(OC)cc1. The van der Waals surface area contributed by atoms with Gasteiger partial charge in [0.05, 0.1) is 14.2 Å². The van der Waals surface area contributed by atoms with E-state index in [2.05, 4.69) is 54.4 Å². The Morgan fingerprint density at radius 3 is 1.87 bits per heavy atom. The summed E-state index contributed by atoms with van der Waals surface area (Å²) in [5, 5.41) is 3.52. The van der Waals surface area contributed by atoms with Crippen molar-refractivity contribution in [2.75, 3.05) is 25.7 Å². The molecule has 0 aliphatic carbocycles. The van der Waals surface area contributed by atoms with Gasteiger partial charge in [-0.1, -0.05) is 37.3 Å². The second-order valence-corrected chi connectivity index (χ2v) is 7.25. The molecule has 0 amide bonds. The van der Waals surface area contributed by atoms with Crippen LogP contribution in [0.2, 0.25) is 0 Å². The minimum atomic E-state index is 0.216. The van der Waals surface area contributed by atoms with Crippen LogP contribution in [0.5, 0.6) is 11.5 Å². The first kappa shape index (κ1) is 21.7. The molecule has 0 bridgehead atoms. The van der Waals surface area contributed by atoms with Crippen LogP contribution in [-0.4, -0.2) is 25.7 Å². The largest absolute Gasteiger partial charge is 0.497 e. The number of ether oxygens (including phenoxy) is 2. The van der Waals surface area contributed by atoms with Gasteiger partial charge < -0.3 is 19.7 Å². The number of aromatic nitrogens is 1. The van der Waals surface area contributed by atoms with Crippen LogP contribution in [0.1, 0.15) is 36.6 Å². The van der Waals surface area contributed by atoms with Crippen LogP contribution in [0.3, 0.4) is 0 Å². The second kappa shape index (κ2) is 10.6. The van der Waals surface area contributed by atoms with E-state index in [0.717, 1.165) is 37.0 Å². The van der Waals surface area contributed by atoms with Gasteiger partial charge in [0.15, 0.2) is 0 Å². The van der Waals surface area contributed by atoms with Gasteiger partial charge >= 0.3 is 0 Å². The second-order valence-electron chi connectivity index (χ2n) is 7.25. The van der Waals surface area contributed by atoms with Crippen LogP contribution in [0.15, 0.2) is 66.9 Å². The van der Waals surface area contributed by atoms with E-state index in [1.807, 2.05) is 36.5 Å². The van der Waals surface area contributed by atoms with Gasteiger partial charge in [0.2, 0.25) is 0 Å². The van der Waals surface area contributed by atoms with E-state index < -0.39 is 0 Å². The first-order valence-corrected chi connectivity index (χ1v) is 10.3. The topological polar surface area (TPSA) is 46.6 Å². The van der Waals surface area contributed by atoms with Gasteiger partial charge in [-0.25, -0.2) is 4.98 Å².